The zero-order valence-corrected chi connectivity index (χ0v) is 7.55. The first-order valence-electron chi connectivity index (χ1n) is 3.51. The van der Waals surface area contributed by atoms with Crippen molar-refractivity contribution >= 4 is 21.6 Å². The highest BCUT2D eigenvalue weighted by Gasteiger charge is 2.07. The molecule has 0 spiro atoms. The zero-order chi connectivity index (χ0) is 9.42. The third-order valence-electron chi connectivity index (χ3n) is 1.66. The van der Waals surface area contributed by atoms with E-state index >= 15 is 0 Å². The molecule has 0 aromatic carbocycles. The number of aromatic nitrogens is 2. The SMILES string of the molecule is COn1c(=O)[nH]c(=O)c2ccsc21. The maximum absolute atomic E-state index is 11.2. The molecule has 13 heavy (non-hydrogen) atoms. The van der Waals surface area contributed by atoms with Crippen molar-refractivity contribution in [1.29, 1.82) is 0 Å². The van der Waals surface area contributed by atoms with Crippen molar-refractivity contribution in [3.05, 3.63) is 32.3 Å². The standard InChI is InChI=1S/C7H6N2O3S/c1-12-9-6-4(2-3-13-6)5(10)8-7(9)11/h2-3H,1H3,(H,8,10,11). The van der Waals surface area contributed by atoms with E-state index in [0.717, 1.165) is 4.73 Å². The Kier molecular flexibility index (Phi) is 1.70. The Morgan fingerprint density at radius 3 is 3.00 bits per heavy atom. The van der Waals surface area contributed by atoms with Crippen molar-refractivity contribution in [1.82, 2.24) is 9.71 Å². The molecule has 0 radical (unpaired) electrons. The number of hydrogen-bond acceptors (Lipinski definition) is 4. The minimum absolute atomic E-state index is 0.380. The molecule has 0 atom stereocenters. The van der Waals surface area contributed by atoms with Crippen molar-refractivity contribution in [2.45, 2.75) is 0 Å². The summed E-state index contributed by atoms with van der Waals surface area (Å²) < 4.78 is 1.06. The number of nitrogens with zero attached hydrogens (tertiary/aromatic N) is 1. The van der Waals surface area contributed by atoms with E-state index < -0.39 is 5.69 Å². The van der Waals surface area contributed by atoms with Gasteiger partial charge in [-0.05, 0) is 11.4 Å². The van der Waals surface area contributed by atoms with Gasteiger partial charge in [-0.15, -0.1) is 16.1 Å². The molecule has 1 N–H and O–H groups in total. The highest BCUT2D eigenvalue weighted by atomic mass is 32.1. The molecule has 2 aromatic heterocycles. The first-order valence-corrected chi connectivity index (χ1v) is 4.39. The summed E-state index contributed by atoms with van der Waals surface area (Å²) in [6.07, 6.45) is 0. The van der Waals surface area contributed by atoms with Crippen molar-refractivity contribution in [3.8, 4) is 0 Å². The Labute approximate surface area is 76.2 Å². The molecule has 2 heterocycles. The molecule has 0 unspecified atom stereocenters. The van der Waals surface area contributed by atoms with Gasteiger partial charge in [0.2, 0.25) is 0 Å². The lowest BCUT2D eigenvalue weighted by Crippen LogP contribution is -2.32. The largest absolute Gasteiger partial charge is 0.411 e. The summed E-state index contributed by atoms with van der Waals surface area (Å²) in [5.74, 6) is 0. The van der Waals surface area contributed by atoms with Crippen LogP contribution in [0, 0.1) is 0 Å². The molecule has 0 fully saturated rings. The fourth-order valence-electron chi connectivity index (χ4n) is 1.10. The lowest BCUT2D eigenvalue weighted by atomic mass is 10.4. The molecule has 6 heteroatoms. The summed E-state index contributed by atoms with van der Waals surface area (Å²) in [5.41, 5.74) is -0.933. The van der Waals surface area contributed by atoms with Gasteiger partial charge < -0.3 is 4.84 Å². The molecular formula is C7H6N2O3S. The zero-order valence-electron chi connectivity index (χ0n) is 6.73. The van der Waals surface area contributed by atoms with Crippen molar-refractivity contribution < 1.29 is 4.84 Å². The first-order chi connectivity index (χ1) is 6.24. The van der Waals surface area contributed by atoms with E-state index in [1.807, 2.05) is 0 Å². The van der Waals surface area contributed by atoms with Crippen LogP contribution in [0.25, 0.3) is 10.2 Å². The van der Waals surface area contributed by atoms with Gasteiger partial charge in [0.1, 0.15) is 7.11 Å². The third-order valence-corrected chi connectivity index (χ3v) is 2.54. The van der Waals surface area contributed by atoms with Gasteiger partial charge in [0.15, 0.2) is 4.83 Å². The van der Waals surface area contributed by atoms with Crippen LogP contribution in [0.5, 0.6) is 0 Å². The Balaban J connectivity index is 3.06. The number of aromatic amines is 1. The number of rotatable bonds is 1. The lowest BCUT2D eigenvalue weighted by molar-refractivity contribution is 0.166. The summed E-state index contributed by atoms with van der Waals surface area (Å²) >= 11 is 1.28. The third kappa shape index (κ3) is 1.06. The smallest absolute Gasteiger partial charge is 0.362 e. The summed E-state index contributed by atoms with van der Waals surface area (Å²) in [6.45, 7) is 0. The molecule has 2 aromatic rings. The Hall–Kier alpha value is -1.56. The van der Waals surface area contributed by atoms with E-state index in [0.29, 0.717) is 10.2 Å². The fourth-order valence-corrected chi connectivity index (χ4v) is 1.98. The van der Waals surface area contributed by atoms with Crippen LogP contribution in [0.3, 0.4) is 0 Å². The summed E-state index contributed by atoms with van der Waals surface area (Å²) in [5, 5.41) is 2.20. The second kappa shape index (κ2) is 2.74. The molecule has 2 rings (SSSR count). The lowest BCUT2D eigenvalue weighted by Gasteiger charge is -2.01. The van der Waals surface area contributed by atoms with Gasteiger partial charge in [-0.3, -0.25) is 9.78 Å². The molecule has 0 aliphatic rings. The van der Waals surface area contributed by atoms with Gasteiger partial charge in [-0.25, -0.2) is 4.79 Å². The molecule has 68 valence electrons. The molecular weight excluding hydrogens is 192 g/mol. The van der Waals surface area contributed by atoms with E-state index in [2.05, 4.69) is 4.98 Å². The van der Waals surface area contributed by atoms with Crippen LogP contribution in [-0.4, -0.2) is 16.8 Å². The van der Waals surface area contributed by atoms with E-state index in [1.165, 1.54) is 18.4 Å². The molecule has 0 bridgehead atoms. The second-order valence-corrected chi connectivity index (χ2v) is 3.27. The normalized spacial score (nSPS) is 10.5. The van der Waals surface area contributed by atoms with Gasteiger partial charge >= 0.3 is 5.69 Å². The van der Waals surface area contributed by atoms with Gasteiger partial charge in [0.05, 0.1) is 5.39 Å². The Bertz CT molecular complexity index is 551. The molecule has 0 saturated carbocycles. The van der Waals surface area contributed by atoms with E-state index in [4.69, 9.17) is 4.84 Å². The number of hydrogen-bond donors (Lipinski definition) is 1. The first kappa shape index (κ1) is 8.06. The van der Waals surface area contributed by atoms with E-state index in [1.54, 1.807) is 11.4 Å². The predicted molar refractivity (Wildman–Crippen MR) is 49.2 cm³/mol. The number of H-pyrrole nitrogens is 1. The van der Waals surface area contributed by atoms with E-state index in [-0.39, 0.29) is 5.56 Å². The summed E-state index contributed by atoms with van der Waals surface area (Å²) in [4.78, 5) is 29.9. The van der Waals surface area contributed by atoms with Gasteiger partial charge in [-0.1, -0.05) is 0 Å². The van der Waals surface area contributed by atoms with Crippen LogP contribution < -0.4 is 16.1 Å². The monoisotopic (exact) mass is 198 g/mol. The molecule has 0 saturated heterocycles. The quantitative estimate of drug-likeness (QED) is 0.690. The number of thiophene rings is 1. The highest BCUT2D eigenvalue weighted by Crippen LogP contribution is 2.13. The highest BCUT2D eigenvalue weighted by molar-refractivity contribution is 7.16. The summed E-state index contributed by atoms with van der Waals surface area (Å²) in [7, 11) is 1.37. The van der Waals surface area contributed by atoms with Crippen molar-refractivity contribution in [2.75, 3.05) is 7.11 Å². The van der Waals surface area contributed by atoms with Crippen LogP contribution >= 0.6 is 11.3 Å². The van der Waals surface area contributed by atoms with Crippen LogP contribution in [0.1, 0.15) is 0 Å². The topological polar surface area (TPSA) is 64.1 Å². The predicted octanol–water partition coefficient (Wildman–Crippen LogP) is -0.190. The van der Waals surface area contributed by atoms with Crippen LogP contribution in [0.4, 0.5) is 0 Å². The van der Waals surface area contributed by atoms with Gasteiger partial charge in [0.25, 0.3) is 5.56 Å². The van der Waals surface area contributed by atoms with Crippen LogP contribution in [0.15, 0.2) is 21.0 Å². The van der Waals surface area contributed by atoms with E-state index in [9.17, 15) is 9.59 Å². The van der Waals surface area contributed by atoms with Crippen molar-refractivity contribution in [3.63, 3.8) is 0 Å². The van der Waals surface area contributed by atoms with Crippen LogP contribution in [-0.2, 0) is 0 Å². The maximum atomic E-state index is 11.2. The number of fused-ring (bicyclic) bond motifs is 1. The van der Waals surface area contributed by atoms with Gasteiger partial charge in [-0.2, -0.15) is 0 Å². The second-order valence-electron chi connectivity index (χ2n) is 2.38. The average molecular weight is 198 g/mol. The fraction of sp³-hybridized carbons (Fsp3) is 0.143. The maximum Gasteiger partial charge on any atom is 0.362 e. The molecule has 0 amide bonds. The van der Waals surface area contributed by atoms with Crippen molar-refractivity contribution in [2.24, 2.45) is 0 Å². The Morgan fingerprint density at radius 1 is 1.54 bits per heavy atom. The molecule has 0 aliphatic carbocycles. The minimum Gasteiger partial charge on any atom is -0.411 e. The Morgan fingerprint density at radius 2 is 2.31 bits per heavy atom. The summed E-state index contributed by atoms with van der Waals surface area (Å²) in [6, 6.07) is 1.65. The minimum atomic E-state index is -0.553. The molecule has 0 aliphatic heterocycles. The van der Waals surface area contributed by atoms with Crippen LogP contribution in [0.2, 0.25) is 0 Å². The average Bonchev–Trinajstić information content (AvgIpc) is 2.53. The number of nitrogens with one attached hydrogen (secondary N) is 1. The molecule has 5 nitrogen and oxygen atoms in total. The van der Waals surface area contributed by atoms with Gasteiger partial charge in [0, 0.05) is 0 Å².